The number of aliphatic hydroxyl groups is 4. The van der Waals surface area contributed by atoms with Crippen molar-refractivity contribution in [2.24, 2.45) is 0 Å². The minimum atomic E-state index is -3.18. The second kappa shape index (κ2) is 6.43. The van der Waals surface area contributed by atoms with Gasteiger partial charge in [-0.05, 0) is 28.1 Å². The summed E-state index contributed by atoms with van der Waals surface area (Å²) in [6, 6.07) is 8.11. The molecule has 0 aliphatic carbocycles. The zero-order valence-corrected chi connectivity index (χ0v) is 14.2. The first-order valence-corrected chi connectivity index (χ1v) is 7.71. The third-order valence-electron chi connectivity index (χ3n) is 3.48. The van der Waals surface area contributed by atoms with E-state index in [2.05, 4.69) is 20.9 Å². The van der Waals surface area contributed by atoms with Gasteiger partial charge in [0.1, 0.15) is 6.10 Å². The second-order valence-corrected chi connectivity index (χ2v) is 6.88. The molecule has 2 rings (SSSR count). The Balaban J connectivity index is 2.40. The first-order chi connectivity index (χ1) is 11.0. The number of carboxylic acid groups (broad SMARTS) is 1. The Bertz CT molecular complexity index is 755. The maximum Gasteiger partial charge on any atom is 0.335 e. The topological polar surface area (TPSA) is 151 Å². The average molecular weight is 423 g/mol. The van der Waals surface area contributed by atoms with Gasteiger partial charge in [-0.15, -0.1) is 0 Å². The maximum absolute atomic E-state index is 12.4. The van der Waals surface area contributed by atoms with E-state index in [0.29, 0.717) is 10.9 Å². The molecule has 10 heteroatoms. The number of alkyl halides is 2. The van der Waals surface area contributed by atoms with Gasteiger partial charge in [0.25, 0.3) is 0 Å². The molecule has 1 aromatic carbocycles. The molecule has 0 saturated carbocycles. The number of fused-ring (bicyclic) bond motifs is 1. The number of aromatic nitrogens is 1. The quantitative estimate of drug-likeness (QED) is 0.287. The number of aliphatic carboxylic acids is 1. The molecule has 130 valence electrons. The van der Waals surface area contributed by atoms with Crippen LogP contribution in [0.3, 0.4) is 0 Å². The molecule has 0 aliphatic rings. The SMILES string of the molecule is O=C(O)[C@@H](O)[C@@H](O)[C@@](O)(Br)[C@](O)(Cl)C(=O)c1cc2ccccc2[nH]1. The van der Waals surface area contributed by atoms with Crippen molar-refractivity contribution < 1.29 is 35.1 Å². The number of para-hydroxylation sites is 1. The smallest absolute Gasteiger partial charge is 0.335 e. The number of Topliss-reactive ketones (excluding diaryl/α,β-unsaturated/α-hetero) is 1. The molecule has 4 atom stereocenters. The molecule has 0 bridgehead atoms. The summed E-state index contributed by atoms with van der Waals surface area (Å²) in [4.78, 5) is 25.8. The van der Waals surface area contributed by atoms with E-state index in [1.165, 1.54) is 6.07 Å². The van der Waals surface area contributed by atoms with Gasteiger partial charge in [0.05, 0.1) is 5.69 Å². The number of halogens is 2. The molecule has 8 nitrogen and oxygen atoms in total. The van der Waals surface area contributed by atoms with Gasteiger partial charge in [0.2, 0.25) is 10.8 Å². The number of H-pyrrole nitrogens is 1. The minimum absolute atomic E-state index is 0.191. The Morgan fingerprint density at radius 1 is 1.21 bits per heavy atom. The average Bonchev–Trinajstić information content (AvgIpc) is 2.95. The van der Waals surface area contributed by atoms with E-state index < -0.39 is 33.5 Å². The van der Waals surface area contributed by atoms with Crippen molar-refractivity contribution in [2.75, 3.05) is 0 Å². The highest BCUT2D eigenvalue weighted by Crippen LogP contribution is 2.39. The Labute approximate surface area is 148 Å². The number of aliphatic hydroxyl groups excluding tert-OH is 2. The first-order valence-electron chi connectivity index (χ1n) is 6.54. The van der Waals surface area contributed by atoms with Gasteiger partial charge >= 0.3 is 5.97 Å². The largest absolute Gasteiger partial charge is 0.479 e. The van der Waals surface area contributed by atoms with Gasteiger partial charge in [0.15, 0.2) is 10.6 Å². The molecule has 0 amide bonds. The summed E-state index contributed by atoms with van der Waals surface area (Å²) in [5.41, 5.74) is 0.362. The van der Waals surface area contributed by atoms with Crippen LogP contribution >= 0.6 is 27.5 Å². The van der Waals surface area contributed by atoms with Crippen LogP contribution in [0.5, 0.6) is 0 Å². The fraction of sp³-hybridized carbons (Fsp3) is 0.286. The highest BCUT2D eigenvalue weighted by atomic mass is 79.9. The Kier molecular flexibility index (Phi) is 5.05. The fourth-order valence-electron chi connectivity index (χ4n) is 2.07. The Morgan fingerprint density at radius 3 is 2.33 bits per heavy atom. The van der Waals surface area contributed by atoms with Crippen molar-refractivity contribution in [2.45, 2.75) is 21.8 Å². The van der Waals surface area contributed by atoms with Gasteiger partial charge in [0, 0.05) is 10.9 Å². The Morgan fingerprint density at radius 2 is 1.79 bits per heavy atom. The lowest BCUT2D eigenvalue weighted by Gasteiger charge is -2.37. The van der Waals surface area contributed by atoms with Gasteiger partial charge in [-0.2, -0.15) is 0 Å². The van der Waals surface area contributed by atoms with Crippen LogP contribution < -0.4 is 0 Å². The van der Waals surface area contributed by atoms with E-state index >= 15 is 0 Å². The molecule has 6 N–H and O–H groups in total. The summed E-state index contributed by atoms with van der Waals surface area (Å²) < 4.78 is -3.05. The van der Waals surface area contributed by atoms with Crippen molar-refractivity contribution in [1.29, 1.82) is 0 Å². The van der Waals surface area contributed by atoms with Crippen molar-refractivity contribution in [3.63, 3.8) is 0 Å². The van der Waals surface area contributed by atoms with Crippen LogP contribution in [0.1, 0.15) is 10.5 Å². The fourth-order valence-corrected chi connectivity index (χ4v) is 2.72. The lowest BCUT2D eigenvalue weighted by Crippen LogP contribution is -2.62. The number of benzene rings is 1. The van der Waals surface area contributed by atoms with Crippen LogP contribution in [0.15, 0.2) is 30.3 Å². The highest BCUT2D eigenvalue weighted by molar-refractivity contribution is 9.10. The molecular weight excluding hydrogens is 410 g/mol. The zero-order valence-electron chi connectivity index (χ0n) is 11.8. The van der Waals surface area contributed by atoms with E-state index in [1.54, 1.807) is 24.3 Å². The van der Waals surface area contributed by atoms with Crippen LogP contribution in [0, 0.1) is 0 Å². The van der Waals surface area contributed by atoms with Crippen LogP contribution in [-0.2, 0) is 4.79 Å². The lowest BCUT2D eigenvalue weighted by molar-refractivity contribution is -0.166. The van der Waals surface area contributed by atoms with E-state index in [4.69, 9.17) is 16.7 Å². The minimum Gasteiger partial charge on any atom is -0.479 e. The van der Waals surface area contributed by atoms with E-state index in [1.807, 2.05) is 0 Å². The summed E-state index contributed by atoms with van der Waals surface area (Å²) >= 11 is 8.15. The summed E-state index contributed by atoms with van der Waals surface area (Å²) in [5, 5.41) is 45.6. The maximum atomic E-state index is 12.4. The van der Waals surface area contributed by atoms with E-state index in [9.17, 15) is 30.0 Å². The molecule has 0 spiro atoms. The molecule has 0 unspecified atom stereocenters. The van der Waals surface area contributed by atoms with Crippen molar-refractivity contribution in [3.8, 4) is 0 Å². The lowest BCUT2D eigenvalue weighted by atomic mass is 9.97. The predicted molar refractivity (Wildman–Crippen MR) is 87.0 cm³/mol. The molecule has 0 radical (unpaired) electrons. The number of rotatable bonds is 6. The molecule has 24 heavy (non-hydrogen) atoms. The van der Waals surface area contributed by atoms with Crippen LogP contribution in [0.25, 0.3) is 10.9 Å². The second-order valence-electron chi connectivity index (χ2n) is 5.12. The summed E-state index contributed by atoms with van der Waals surface area (Å²) in [5.74, 6) is -3.12. The number of ketones is 1. The molecular formula is C14H13BrClNO7. The first kappa shape index (κ1) is 18.8. The molecule has 1 heterocycles. The standard InChI is InChI=1S/C14H13BrClNO7/c15-13(23,11(20)9(18)12(21)22)14(16,24)10(19)8-5-6-3-1-2-4-7(6)17-8/h1-5,9,11,17-18,20,23-24H,(H,21,22)/t9-,11+,13-,14-/m0/s1. The number of carbonyl (C=O) groups is 2. The van der Waals surface area contributed by atoms with Crippen LogP contribution in [0.2, 0.25) is 0 Å². The zero-order chi connectivity index (χ0) is 18.3. The van der Waals surface area contributed by atoms with Gasteiger partial charge < -0.3 is 30.5 Å². The monoisotopic (exact) mass is 421 g/mol. The van der Waals surface area contributed by atoms with Crippen LogP contribution in [0.4, 0.5) is 0 Å². The van der Waals surface area contributed by atoms with Crippen molar-refractivity contribution in [1.82, 2.24) is 4.98 Å². The predicted octanol–water partition coefficient (Wildman–Crippen LogP) is 0.168. The molecule has 2 aromatic rings. The summed E-state index contributed by atoms with van der Waals surface area (Å²) in [7, 11) is 0. The molecule has 0 fully saturated rings. The van der Waals surface area contributed by atoms with E-state index in [-0.39, 0.29) is 5.69 Å². The summed E-state index contributed by atoms with van der Waals surface area (Å²) in [6.45, 7) is 0. The number of hydrogen-bond donors (Lipinski definition) is 6. The highest BCUT2D eigenvalue weighted by Gasteiger charge is 2.59. The number of carboxylic acids is 1. The number of carbonyl (C=O) groups excluding carboxylic acids is 1. The third-order valence-corrected chi connectivity index (χ3v) is 5.22. The number of aromatic amines is 1. The Hall–Kier alpha value is -1.49. The summed E-state index contributed by atoms with van der Waals surface area (Å²) in [6.07, 6.45) is -5.01. The third kappa shape index (κ3) is 3.06. The van der Waals surface area contributed by atoms with Gasteiger partial charge in [-0.1, -0.05) is 29.8 Å². The number of nitrogens with one attached hydrogen (secondary N) is 1. The molecule has 1 aromatic heterocycles. The van der Waals surface area contributed by atoms with Gasteiger partial charge in [-0.25, -0.2) is 4.79 Å². The van der Waals surface area contributed by atoms with Crippen molar-refractivity contribution >= 4 is 50.2 Å². The normalized spacial score (nSPS) is 19.2. The van der Waals surface area contributed by atoms with Crippen LogP contribution in [-0.4, -0.2) is 64.0 Å². The van der Waals surface area contributed by atoms with E-state index in [0.717, 1.165) is 0 Å². The molecule has 0 saturated heterocycles. The number of hydrogen-bond acceptors (Lipinski definition) is 6. The van der Waals surface area contributed by atoms with Gasteiger partial charge in [-0.3, -0.25) is 4.79 Å². The molecule has 0 aliphatic heterocycles. The van der Waals surface area contributed by atoms with Crippen molar-refractivity contribution in [3.05, 3.63) is 36.0 Å².